The molecule has 0 aliphatic carbocycles. The Bertz CT molecular complexity index is 1050. The van der Waals surface area contributed by atoms with Gasteiger partial charge in [-0.1, -0.05) is 58.1 Å². The molecular weight excluding hydrogens is 507 g/mol. The number of hydrogen-bond acceptors (Lipinski definition) is 8. The van der Waals surface area contributed by atoms with Gasteiger partial charge in [-0.25, -0.2) is 9.18 Å². The van der Waals surface area contributed by atoms with E-state index in [0.29, 0.717) is 23.7 Å². The first kappa shape index (κ1) is 30.1. The first-order chi connectivity index (χ1) is 19.0. The molecule has 1 aliphatic rings. The molecule has 1 saturated heterocycles. The standard InChI is InChI=1S/C30H39FO8/c1-3-5-6-7-8-9-14-34-26-12-10-23(17-25(26)31)24-11-13-27(37-19-22-20-38-30(33)39-21-22)28(18-24)35-15-16-36-29(32)4-2/h10-13,17-18,22H,3-9,14-16,19-21H2,1-2H3. The Morgan fingerprint density at radius 2 is 1.49 bits per heavy atom. The highest BCUT2D eigenvalue weighted by Crippen LogP contribution is 2.34. The largest absolute Gasteiger partial charge is 0.508 e. The Morgan fingerprint density at radius 3 is 2.21 bits per heavy atom. The number of carbonyl (C=O) groups is 2. The molecule has 1 aliphatic heterocycles. The lowest BCUT2D eigenvalue weighted by atomic mass is 10.0. The minimum Gasteiger partial charge on any atom is -0.491 e. The van der Waals surface area contributed by atoms with Gasteiger partial charge in [-0.05, 0) is 41.8 Å². The lowest BCUT2D eigenvalue weighted by molar-refractivity contribution is -0.143. The first-order valence-electron chi connectivity index (χ1n) is 13.8. The molecule has 214 valence electrons. The van der Waals surface area contributed by atoms with E-state index in [4.69, 9.17) is 28.4 Å². The minimum atomic E-state index is -0.688. The van der Waals surface area contributed by atoms with Crippen LogP contribution in [-0.4, -0.2) is 51.8 Å². The highest BCUT2D eigenvalue weighted by atomic mass is 19.1. The Hall–Kier alpha value is -3.49. The molecule has 8 nitrogen and oxygen atoms in total. The van der Waals surface area contributed by atoms with Crippen molar-refractivity contribution < 1.29 is 42.4 Å². The minimum absolute atomic E-state index is 0.0853. The van der Waals surface area contributed by atoms with Gasteiger partial charge < -0.3 is 28.4 Å². The van der Waals surface area contributed by atoms with Crippen LogP contribution in [-0.2, 0) is 19.0 Å². The molecule has 0 saturated carbocycles. The van der Waals surface area contributed by atoms with E-state index in [1.165, 1.54) is 31.7 Å². The van der Waals surface area contributed by atoms with E-state index >= 15 is 0 Å². The predicted octanol–water partition coefficient (Wildman–Crippen LogP) is 6.73. The summed E-state index contributed by atoms with van der Waals surface area (Å²) in [5.74, 6) is 0.231. The Kier molecular flexibility index (Phi) is 12.7. The van der Waals surface area contributed by atoms with Gasteiger partial charge >= 0.3 is 12.1 Å². The molecule has 1 heterocycles. The van der Waals surface area contributed by atoms with Gasteiger partial charge in [-0.2, -0.15) is 0 Å². The molecule has 1 fully saturated rings. The van der Waals surface area contributed by atoms with Crippen LogP contribution in [0.25, 0.3) is 11.1 Å². The first-order valence-corrected chi connectivity index (χ1v) is 13.8. The summed E-state index contributed by atoms with van der Waals surface area (Å²) in [7, 11) is 0. The number of carbonyl (C=O) groups excluding carboxylic acids is 2. The summed E-state index contributed by atoms with van der Waals surface area (Å²) < 4.78 is 47.2. The third-order valence-corrected chi connectivity index (χ3v) is 6.21. The Morgan fingerprint density at radius 1 is 0.821 bits per heavy atom. The van der Waals surface area contributed by atoms with Crippen molar-refractivity contribution >= 4 is 12.1 Å². The molecule has 39 heavy (non-hydrogen) atoms. The van der Waals surface area contributed by atoms with E-state index in [9.17, 15) is 14.0 Å². The van der Waals surface area contributed by atoms with Gasteiger partial charge in [-0.15, -0.1) is 0 Å². The summed E-state index contributed by atoms with van der Waals surface area (Å²) in [4.78, 5) is 22.5. The molecule has 2 aromatic rings. The van der Waals surface area contributed by atoms with Crippen molar-refractivity contribution in [1.82, 2.24) is 0 Å². The summed E-state index contributed by atoms with van der Waals surface area (Å²) >= 11 is 0. The lowest BCUT2D eigenvalue weighted by Crippen LogP contribution is -2.31. The molecular formula is C30H39FO8. The summed E-state index contributed by atoms with van der Waals surface area (Å²) in [5, 5.41) is 0. The monoisotopic (exact) mass is 546 g/mol. The summed E-state index contributed by atoms with van der Waals surface area (Å²) in [6.45, 7) is 5.24. The third-order valence-electron chi connectivity index (χ3n) is 6.21. The van der Waals surface area contributed by atoms with E-state index in [1.54, 1.807) is 31.2 Å². The van der Waals surface area contributed by atoms with Crippen LogP contribution in [0.1, 0.15) is 58.8 Å². The number of benzene rings is 2. The van der Waals surface area contributed by atoms with Gasteiger partial charge in [0, 0.05) is 6.42 Å². The van der Waals surface area contributed by atoms with E-state index in [2.05, 4.69) is 6.92 Å². The second kappa shape index (κ2) is 16.5. The molecule has 0 spiro atoms. The SMILES string of the molecule is CCCCCCCCOc1ccc(-c2ccc(OCC3COC(=O)OC3)c(OCCOC(=O)CC)c2)cc1F. The molecule has 2 aromatic carbocycles. The maximum absolute atomic E-state index is 14.8. The number of hydrogen-bond donors (Lipinski definition) is 0. The zero-order chi connectivity index (χ0) is 27.9. The highest BCUT2D eigenvalue weighted by molar-refractivity contribution is 5.69. The number of rotatable bonds is 17. The molecule has 9 heteroatoms. The average Bonchev–Trinajstić information content (AvgIpc) is 2.95. The fourth-order valence-corrected chi connectivity index (χ4v) is 3.96. The molecule has 0 N–H and O–H groups in total. The third kappa shape index (κ3) is 10.3. The Labute approximate surface area is 229 Å². The van der Waals surface area contributed by atoms with Crippen LogP contribution in [0.4, 0.5) is 9.18 Å². The maximum Gasteiger partial charge on any atom is 0.508 e. The van der Waals surface area contributed by atoms with Gasteiger partial charge in [0.2, 0.25) is 0 Å². The van der Waals surface area contributed by atoms with Crippen molar-refractivity contribution in [3.8, 4) is 28.4 Å². The number of unbranched alkanes of at least 4 members (excludes halogenated alkanes) is 5. The number of esters is 1. The van der Waals surface area contributed by atoms with Crippen LogP contribution in [0.2, 0.25) is 0 Å². The number of cyclic esters (lactones) is 2. The molecule has 3 rings (SSSR count). The van der Waals surface area contributed by atoms with E-state index in [1.807, 2.05) is 6.07 Å². The molecule has 0 aromatic heterocycles. The number of halogens is 1. The van der Waals surface area contributed by atoms with Crippen LogP contribution in [0.15, 0.2) is 36.4 Å². The highest BCUT2D eigenvalue weighted by Gasteiger charge is 2.22. The fourth-order valence-electron chi connectivity index (χ4n) is 3.96. The van der Waals surface area contributed by atoms with Gasteiger partial charge in [-0.3, -0.25) is 4.79 Å². The van der Waals surface area contributed by atoms with E-state index < -0.39 is 12.0 Å². The fraction of sp³-hybridized carbons (Fsp3) is 0.533. The van der Waals surface area contributed by atoms with Crippen LogP contribution in [0, 0.1) is 11.7 Å². The van der Waals surface area contributed by atoms with E-state index in [0.717, 1.165) is 18.4 Å². The zero-order valence-corrected chi connectivity index (χ0v) is 22.9. The summed E-state index contributed by atoms with van der Waals surface area (Å²) in [6, 6.07) is 10.2. The molecule has 0 amide bonds. The van der Waals surface area contributed by atoms with Crippen molar-refractivity contribution in [2.24, 2.45) is 5.92 Å². The average molecular weight is 547 g/mol. The van der Waals surface area contributed by atoms with Crippen molar-refractivity contribution in [2.75, 3.05) is 39.6 Å². The van der Waals surface area contributed by atoms with Crippen molar-refractivity contribution in [3.05, 3.63) is 42.2 Å². The molecule has 0 unspecified atom stereocenters. The van der Waals surface area contributed by atoms with Crippen LogP contribution in [0.3, 0.4) is 0 Å². The van der Waals surface area contributed by atoms with Gasteiger partial charge in [0.05, 0.1) is 19.1 Å². The second-order valence-corrected chi connectivity index (χ2v) is 9.39. The van der Waals surface area contributed by atoms with E-state index in [-0.39, 0.29) is 57.1 Å². The van der Waals surface area contributed by atoms with Crippen molar-refractivity contribution in [2.45, 2.75) is 58.8 Å². The van der Waals surface area contributed by atoms with Crippen LogP contribution >= 0.6 is 0 Å². The van der Waals surface area contributed by atoms with Gasteiger partial charge in [0.25, 0.3) is 0 Å². The van der Waals surface area contributed by atoms with Gasteiger partial charge in [0.1, 0.15) is 26.4 Å². The van der Waals surface area contributed by atoms with Crippen molar-refractivity contribution in [1.29, 1.82) is 0 Å². The normalized spacial score (nSPS) is 13.4. The molecule has 0 bridgehead atoms. The predicted molar refractivity (Wildman–Crippen MR) is 144 cm³/mol. The van der Waals surface area contributed by atoms with Gasteiger partial charge in [0.15, 0.2) is 23.1 Å². The second-order valence-electron chi connectivity index (χ2n) is 9.39. The van der Waals surface area contributed by atoms with Crippen LogP contribution in [0.5, 0.6) is 17.2 Å². The van der Waals surface area contributed by atoms with Crippen LogP contribution < -0.4 is 14.2 Å². The number of ether oxygens (including phenoxy) is 6. The molecule has 0 atom stereocenters. The molecule has 0 radical (unpaired) electrons. The smallest absolute Gasteiger partial charge is 0.491 e. The Balaban J connectivity index is 1.63. The maximum atomic E-state index is 14.8. The zero-order valence-electron chi connectivity index (χ0n) is 22.9. The topological polar surface area (TPSA) is 89.5 Å². The summed E-state index contributed by atoms with van der Waals surface area (Å²) in [5.41, 5.74) is 1.38. The van der Waals surface area contributed by atoms with Crippen molar-refractivity contribution in [3.63, 3.8) is 0 Å². The quantitative estimate of drug-likeness (QED) is 0.159. The lowest BCUT2D eigenvalue weighted by Gasteiger charge is -2.22. The summed E-state index contributed by atoms with van der Waals surface area (Å²) in [6.07, 6.45) is 6.42.